The predicted octanol–water partition coefficient (Wildman–Crippen LogP) is 5.32. The number of hydrogen-bond acceptors (Lipinski definition) is 5. The predicted molar refractivity (Wildman–Crippen MR) is 165 cm³/mol. The van der Waals surface area contributed by atoms with Crippen molar-refractivity contribution in [3.8, 4) is 5.69 Å². The number of nitrogens with one attached hydrogen (secondary N) is 1. The van der Waals surface area contributed by atoms with Gasteiger partial charge in [0.2, 0.25) is 10.0 Å². The fourth-order valence-corrected chi connectivity index (χ4v) is 7.56. The minimum atomic E-state index is -3.16. The first-order valence-electron chi connectivity index (χ1n) is 15.2. The summed E-state index contributed by atoms with van der Waals surface area (Å²) in [6, 6.07) is 6.56. The van der Waals surface area contributed by atoms with Crippen LogP contribution in [-0.2, 0) is 10.0 Å². The summed E-state index contributed by atoms with van der Waals surface area (Å²) in [4.78, 5) is 22.0. The van der Waals surface area contributed by atoms with Gasteiger partial charge in [-0.05, 0) is 114 Å². The summed E-state index contributed by atoms with van der Waals surface area (Å²) >= 11 is 0. The second-order valence-corrected chi connectivity index (χ2v) is 14.3. The van der Waals surface area contributed by atoms with Crippen molar-refractivity contribution in [2.24, 2.45) is 5.92 Å². The zero-order valence-corrected chi connectivity index (χ0v) is 26.0. The van der Waals surface area contributed by atoms with Crippen LogP contribution in [0.15, 0.2) is 42.9 Å². The molecule has 1 unspecified atom stereocenters. The van der Waals surface area contributed by atoms with E-state index in [4.69, 9.17) is 0 Å². The molecule has 10 heteroatoms. The maximum absolute atomic E-state index is 14.4. The fourth-order valence-electron chi connectivity index (χ4n) is 6.72. The largest absolute Gasteiger partial charge is 0.339 e. The van der Waals surface area contributed by atoms with Crippen molar-refractivity contribution >= 4 is 26.8 Å². The second kappa shape index (κ2) is 12.8. The molecule has 0 spiro atoms. The molecule has 1 aliphatic carbocycles. The SMILES string of the molecule is CC(C)N(C)C(=O)c1cc(F)ccc1-n1cc(C2CCCN(CC3CCC(NS(C)(=O)=O)CC3)CC2)c2ccncc21. The van der Waals surface area contributed by atoms with Gasteiger partial charge < -0.3 is 14.4 Å². The number of carbonyl (C=O) groups excluding carboxylic acids is 1. The first kappa shape index (κ1) is 30.6. The molecule has 1 N–H and O–H groups in total. The Kier molecular flexibility index (Phi) is 9.34. The van der Waals surface area contributed by atoms with Gasteiger partial charge in [-0.3, -0.25) is 9.78 Å². The molecule has 3 aromatic rings. The van der Waals surface area contributed by atoms with Crippen molar-refractivity contribution in [3.63, 3.8) is 0 Å². The smallest absolute Gasteiger partial charge is 0.256 e. The van der Waals surface area contributed by atoms with Crippen LogP contribution in [0.1, 0.15) is 80.6 Å². The summed E-state index contributed by atoms with van der Waals surface area (Å²) in [5.41, 5.74) is 3.17. The number of sulfonamides is 1. The molecular formula is C32H44FN5O3S. The summed E-state index contributed by atoms with van der Waals surface area (Å²) in [7, 11) is -1.41. The number of pyridine rings is 1. The van der Waals surface area contributed by atoms with Crippen molar-refractivity contribution in [2.45, 2.75) is 76.8 Å². The standard InChI is InChI=1S/C32H44FN5O3S/c1-22(2)36(3)32(39)28-18-25(33)9-12-30(28)38-21-29(27-13-15-34-19-31(27)38)24-6-5-16-37(17-14-24)20-23-7-10-26(11-8-23)35-42(4,40)41/h9,12-13,15,18-19,21-24,26,35H,5-8,10-11,14,16-17,20H2,1-4H3. The minimum Gasteiger partial charge on any atom is -0.339 e. The molecule has 1 aliphatic heterocycles. The molecular weight excluding hydrogens is 553 g/mol. The van der Waals surface area contributed by atoms with Gasteiger partial charge in [-0.2, -0.15) is 0 Å². The Hall–Kier alpha value is -2.82. The van der Waals surface area contributed by atoms with Crippen molar-refractivity contribution in [3.05, 3.63) is 59.8 Å². The van der Waals surface area contributed by atoms with E-state index in [2.05, 4.69) is 26.9 Å². The van der Waals surface area contributed by atoms with Gasteiger partial charge in [0.25, 0.3) is 5.91 Å². The summed E-state index contributed by atoms with van der Waals surface area (Å²) in [6.45, 7) is 7.04. The normalized spacial score (nSPS) is 22.4. The van der Waals surface area contributed by atoms with Crippen LogP contribution in [0.3, 0.4) is 0 Å². The van der Waals surface area contributed by atoms with Gasteiger partial charge in [0, 0.05) is 43.5 Å². The average Bonchev–Trinajstić information content (AvgIpc) is 3.17. The van der Waals surface area contributed by atoms with E-state index < -0.39 is 15.8 Å². The topological polar surface area (TPSA) is 87.5 Å². The number of amides is 1. The number of halogens is 1. The van der Waals surface area contributed by atoms with Crippen molar-refractivity contribution < 1.29 is 17.6 Å². The summed E-state index contributed by atoms with van der Waals surface area (Å²) in [5, 5.41) is 1.13. The third-order valence-electron chi connectivity index (χ3n) is 9.19. The molecule has 1 saturated heterocycles. The molecule has 1 saturated carbocycles. The molecule has 8 nitrogen and oxygen atoms in total. The van der Waals surface area contributed by atoms with Crippen LogP contribution in [0, 0.1) is 11.7 Å². The van der Waals surface area contributed by atoms with Crippen LogP contribution in [0.5, 0.6) is 0 Å². The van der Waals surface area contributed by atoms with Gasteiger partial charge in [-0.25, -0.2) is 17.5 Å². The Morgan fingerprint density at radius 2 is 1.88 bits per heavy atom. The van der Waals surface area contributed by atoms with Gasteiger partial charge in [-0.1, -0.05) is 0 Å². The van der Waals surface area contributed by atoms with E-state index in [-0.39, 0.29) is 18.0 Å². The summed E-state index contributed by atoms with van der Waals surface area (Å²) in [6.07, 6.45) is 14.2. The molecule has 0 bridgehead atoms. The molecule has 1 atom stereocenters. The van der Waals surface area contributed by atoms with E-state index in [9.17, 15) is 17.6 Å². The van der Waals surface area contributed by atoms with Gasteiger partial charge in [0.15, 0.2) is 0 Å². The highest BCUT2D eigenvalue weighted by atomic mass is 32.2. The summed E-state index contributed by atoms with van der Waals surface area (Å²) in [5.74, 6) is 0.329. The number of benzene rings is 1. The third-order valence-corrected chi connectivity index (χ3v) is 9.95. The number of nitrogens with zero attached hydrogens (tertiary/aromatic N) is 4. The maximum atomic E-state index is 14.4. The van der Waals surface area contributed by atoms with Crippen LogP contribution < -0.4 is 4.72 Å². The van der Waals surface area contributed by atoms with E-state index in [0.29, 0.717) is 23.1 Å². The molecule has 5 rings (SSSR count). The van der Waals surface area contributed by atoms with Crippen molar-refractivity contribution in [2.75, 3.05) is 32.9 Å². The van der Waals surface area contributed by atoms with Crippen LogP contribution in [0.2, 0.25) is 0 Å². The number of rotatable bonds is 8. The molecule has 2 aromatic heterocycles. The third kappa shape index (κ3) is 7.03. The highest BCUT2D eigenvalue weighted by molar-refractivity contribution is 7.88. The first-order chi connectivity index (χ1) is 20.0. The lowest BCUT2D eigenvalue weighted by Gasteiger charge is -2.32. The highest BCUT2D eigenvalue weighted by Gasteiger charge is 2.28. The Balaban J connectivity index is 1.34. The molecule has 3 heterocycles. The van der Waals surface area contributed by atoms with E-state index in [1.165, 1.54) is 24.0 Å². The van der Waals surface area contributed by atoms with E-state index in [1.54, 1.807) is 18.0 Å². The van der Waals surface area contributed by atoms with Crippen molar-refractivity contribution in [1.82, 2.24) is 24.1 Å². The quantitative estimate of drug-likeness (QED) is 0.380. The zero-order valence-electron chi connectivity index (χ0n) is 25.2. The van der Waals surface area contributed by atoms with E-state index >= 15 is 0 Å². The number of aromatic nitrogens is 2. The zero-order chi connectivity index (χ0) is 30.0. The van der Waals surface area contributed by atoms with Crippen LogP contribution in [0.25, 0.3) is 16.6 Å². The Labute approximate surface area is 249 Å². The van der Waals surface area contributed by atoms with Crippen LogP contribution >= 0.6 is 0 Å². The van der Waals surface area contributed by atoms with Crippen LogP contribution in [-0.4, -0.2) is 78.7 Å². The first-order valence-corrected chi connectivity index (χ1v) is 17.1. The minimum absolute atomic E-state index is 0.0135. The van der Waals surface area contributed by atoms with Crippen molar-refractivity contribution in [1.29, 1.82) is 0 Å². The Bertz CT molecular complexity index is 1510. The maximum Gasteiger partial charge on any atom is 0.256 e. The number of carbonyl (C=O) groups is 1. The van der Waals surface area contributed by atoms with Gasteiger partial charge in [-0.15, -0.1) is 0 Å². The highest BCUT2D eigenvalue weighted by Crippen LogP contribution is 2.37. The number of fused-ring (bicyclic) bond motifs is 1. The molecule has 228 valence electrons. The lowest BCUT2D eigenvalue weighted by molar-refractivity contribution is 0.0754. The van der Waals surface area contributed by atoms with Gasteiger partial charge >= 0.3 is 0 Å². The molecule has 2 aliphatic rings. The van der Waals surface area contributed by atoms with Gasteiger partial charge in [0.05, 0.1) is 29.2 Å². The molecule has 2 fully saturated rings. The Morgan fingerprint density at radius 3 is 2.60 bits per heavy atom. The summed E-state index contributed by atoms with van der Waals surface area (Å²) < 4.78 is 42.4. The van der Waals surface area contributed by atoms with E-state index in [0.717, 1.165) is 75.5 Å². The number of likely N-dealkylation sites (tertiary alicyclic amines) is 1. The fraction of sp³-hybridized carbons (Fsp3) is 0.562. The monoisotopic (exact) mass is 597 g/mol. The molecule has 0 radical (unpaired) electrons. The van der Waals surface area contributed by atoms with Gasteiger partial charge in [0.1, 0.15) is 5.82 Å². The number of hydrogen-bond donors (Lipinski definition) is 1. The molecule has 42 heavy (non-hydrogen) atoms. The van der Waals surface area contributed by atoms with Crippen LogP contribution in [0.4, 0.5) is 4.39 Å². The lowest BCUT2D eigenvalue weighted by Crippen LogP contribution is -2.39. The Morgan fingerprint density at radius 1 is 1.12 bits per heavy atom. The second-order valence-electron chi connectivity index (χ2n) is 12.6. The molecule has 1 amide bonds. The lowest BCUT2D eigenvalue weighted by atomic mass is 9.86. The molecule has 1 aromatic carbocycles. The van der Waals surface area contributed by atoms with E-state index in [1.807, 2.05) is 30.8 Å². The average molecular weight is 598 g/mol.